The Morgan fingerprint density at radius 1 is 1.56 bits per heavy atom. The number of nitrogens with one attached hydrogen (secondary N) is 1. The van der Waals surface area contributed by atoms with E-state index in [1.165, 1.54) is 0 Å². The third kappa shape index (κ3) is 1.99. The minimum Gasteiger partial charge on any atom is -0.374 e. The highest BCUT2D eigenvalue weighted by molar-refractivity contribution is 6.31. The number of nitrogens with zero attached hydrogens (tertiary/aromatic N) is 2. The lowest BCUT2D eigenvalue weighted by atomic mass is 10.3. The van der Waals surface area contributed by atoms with Gasteiger partial charge in [-0.1, -0.05) is 11.6 Å². The van der Waals surface area contributed by atoms with Crippen LogP contribution in [0.25, 0.3) is 11.0 Å². The first-order valence-corrected chi connectivity index (χ1v) is 5.59. The lowest BCUT2D eigenvalue weighted by Crippen LogP contribution is -2.33. The molecule has 0 radical (unpaired) electrons. The van der Waals surface area contributed by atoms with E-state index < -0.39 is 6.23 Å². The van der Waals surface area contributed by atoms with Gasteiger partial charge in [0.2, 0.25) is 5.95 Å². The van der Waals surface area contributed by atoms with Crippen molar-refractivity contribution in [2.75, 3.05) is 11.4 Å². The molecule has 2 rings (SSSR count). The van der Waals surface area contributed by atoms with Crippen molar-refractivity contribution in [1.29, 1.82) is 0 Å². The van der Waals surface area contributed by atoms with E-state index in [0.717, 1.165) is 11.0 Å². The normalized spacial score (nSPS) is 13.0. The molecule has 0 aliphatic rings. The molecule has 0 amide bonds. The van der Waals surface area contributed by atoms with Crippen LogP contribution in [0, 0.1) is 0 Å². The summed E-state index contributed by atoms with van der Waals surface area (Å²) in [4.78, 5) is 9.31. The first kappa shape index (κ1) is 11.2. The number of imidazole rings is 1. The maximum Gasteiger partial charge on any atom is 0.205 e. The predicted octanol–water partition coefficient (Wildman–Crippen LogP) is 2.38. The fourth-order valence-electron chi connectivity index (χ4n) is 1.70. The van der Waals surface area contributed by atoms with Crippen LogP contribution < -0.4 is 4.90 Å². The van der Waals surface area contributed by atoms with Crippen LogP contribution in [0.15, 0.2) is 18.2 Å². The first-order valence-electron chi connectivity index (χ1n) is 5.21. The number of aromatic amines is 1. The van der Waals surface area contributed by atoms with Crippen LogP contribution in [0.1, 0.15) is 13.8 Å². The molecular weight excluding hydrogens is 226 g/mol. The summed E-state index contributed by atoms with van der Waals surface area (Å²) in [6, 6.07) is 5.48. The number of rotatable bonds is 3. The average Bonchev–Trinajstić information content (AvgIpc) is 2.60. The van der Waals surface area contributed by atoms with E-state index in [1.54, 1.807) is 17.9 Å². The quantitative estimate of drug-likeness (QED) is 0.809. The summed E-state index contributed by atoms with van der Waals surface area (Å²) in [7, 11) is 0. The second kappa shape index (κ2) is 4.31. The van der Waals surface area contributed by atoms with Gasteiger partial charge in [0.25, 0.3) is 0 Å². The third-order valence-corrected chi connectivity index (χ3v) is 2.73. The number of fused-ring (bicyclic) bond motifs is 1. The number of aliphatic hydroxyl groups is 1. The number of aliphatic hydroxyl groups excluding tert-OH is 1. The van der Waals surface area contributed by atoms with Gasteiger partial charge in [0.15, 0.2) is 0 Å². The highest BCUT2D eigenvalue weighted by atomic mass is 35.5. The molecule has 4 nitrogen and oxygen atoms in total. The zero-order valence-corrected chi connectivity index (χ0v) is 9.99. The molecule has 1 heterocycles. The second-order valence-electron chi connectivity index (χ2n) is 3.64. The molecule has 2 N–H and O–H groups in total. The molecule has 0 aliphatic heterocycles. The molecule has 16 heavy (non-hydrogen) atoms. The number of halogens is 1. The molecule has 1 atom stereocenters. The van der Waals surface area contributed by atoms with Gasteiger partial charge in [-0.3, -0.25) is 0 Å². The van der Waals surface area contributed by atoms with Crippen LogP contribution in [0.5, 0.6) is 0 Å². The highest BCUT2D eigenvalue weighted by Crippen LogP contribution is 2.21. The summed E-state index contributed by atoms with van der Waals surface area (Å²) in [5.74, 6) is 0.662. The fourth-order valence-corrected chi connectivity index (χ4v) is 1.87. The average molecular weight is 240 g/mol. The van der Waals surface area contributed by atoms with Crippen LogP contribution >= 0.6 is 11.6 Å². The van der Waals surface area contributed by atoms with Crippen LogP contribution in [-0.4, -0.2) is 27.8 Å². The summed E-state index contributed by atoms with van der Waals surface area (Å²) in [6.07, 6.45) is -0.568. The van der Waals surface area contributed by atoms with Crippen molar-refractivity contribution in [3.8, 4) is 0 Å². The summed E-state index contributed by atoms with van der Waals surface area (Å²) in [5, 5.41) is 10.3. The van der Waals surface area contributed by atoms with Crippen molar-refractivity contribution in [2.45, 2.75) is 20.1 Å². The van der Waals surface area contributed by atoms with Crippen molar-refractivity contribution >= 4 is 28.6 Å². The number of anilines is 1. The van der Waals surface area contributed by atoms with Crippen LogP contribution in [-0.2, 0) is 0 Å². The molecule has 0 bridgehead atoms. The molecule has 0 fully saturated rings. The highest BCUT2D eigenvalue weighted by Gasteiger charge is 2.13. The zero-order chi connectivity index (χ0) is 11.7. The van der Waals surface area contributed by atoms with E-state index in [2.05, 4.69) is 9.97 Å². The van der Waals surface area contributed by atoms with E-state index in [1.807, 2.05) is 19.1 Å². The largest absolute Gasteiger partial charge is 0.374 e. The topological polar surface area (TPSA) is 52.2 Å². The Morgan fingerprint density at radius 2 is 2.31 bits per heavy atom. The summed E-state index contributed by atoms with van der Waals surface area (Å²) in [5.41, 5.74) is 1.72. The van der Waals surface area contributed by atoms with Gasteiger partial charge in [-0.15, -0.1) is 0 Å². The van der Waals surface area contributed by atoms with Crippen LogP contribution in [0.4, 0.5) is 5.95 Å². The van der Waals surface area contributed by atoms with Crippen molar-refractivity contribution < 1.29 is 5.11 Å². The number of hydrogen-bond donors (Lipinski definition) is 2. The molecule has 0 aliphatic carbocycles. The first-order chi connectivity index (χ1) is 7.61. The number of H-pyrrole nitrogens is 1. The zero-order valence-electron chi connectivity index (χ0n) is 9.24. The fraction of sp³-hybridized carbons (Fsp3) is 0.364. The minimum absolute atomic E-state index is 0.568. The number of aromatic nitrogens is 2. The van der Waals surface area contributed by atoms with Crippen molar-refractivity contribution in [1.82, 2.24) is 9.97 Å². The SMILES string of the molecule is CCN(c1nc2ccc(Cl)cc2[nH]1)C(C)O. The van der Waals surface area contributed by atoms with Crippen molar-refractivity contribution in [3.05, 3.63) is 23.2 Å². The standard InChI is InChI=1S/C11H14ClN3O/c1-3-15(7(2)16)11-13-9-5-4-8(12)6-10(9)14-11/h4-7,16H,3H2,1-2H3,(H,13,14). The molecule has 86 valence electrons. The van der Waals surface area contributed by atoms with Crippen molar-refractivity contribution in [2.24, 2.45) is 0 Å². The van der Waals surface area contributed by atoms with Gasteiger partial charge in [0, 0.05) is 11.6 Å². The van der Waals surface area contributed by atoms with Gasteiger partial charge < -0.3 is 15.0 Å². The predicted molar refractivity (Wildman–Crippen MR) is 65.8 cm³/mol. The van der Waals surface area contributed by atoms with E-state index in [9.17, 15) is 5.11 Å². The molecule has 2 aromatic rings. The molecular formula is C11H14ClN3O. The minimum atomic E-state index is -0.568. The molecule has 0 spiro atoms. The summed E-state index contributed by atoms with van der Waals surface area (Å²) in [6.45, 7) is 4.36. The maximum absolute atomic E-state index is 9.59. The molecule has 1 unspecified atom stereocenters. The maximum atomic E-state index is 9.59. The lowest BCUT2D eigenvalue weighted by Gasteiger charge is -2.22. The Balaban J connectivity index is 2.45. The second-order valence-corrected chi connectivity index (χ2v) is 4.08. The molecule has 1 aromatic heterocycles. The monoisotopic (exact) mass is 239 g/mol. The van der Waals surface area contributed by atoms with Gasteiger partial charge in [0.1, 0.15) is 6.23 Å². The van der Waals surface area contributed by atoms with E-state index in [-0.39, 0.29) is 0 Å². The van der Waals surface area contributed by atoms with Gasteiger partial charge in [-0.2, -0.15) is 0 Å². The molecule has 0 saturated carbocycles. The van der Waals surface area contributed by atoms with E-state index in [4.69, 9.17) is 11.6 Å². The lowest BCUT2D eigenvalue weighted by molar-refractivity contribution is 0.188. The smallest absolute Gasteiger partial charge is 0.205 e. The van der Waals surface area contributed by atoms with Gasteiger partial charge in [0.05, 0.1) is 11.0 Å². The number of benzene rings is 1. The van der Waals surface area contributed by atoms with E-state index in [0.29, 0.717) is 17.5 Å². The van der Waals surface area contributed by atoms with Gasteiger partial charge in [-0.25, -0.2) is 4.98 Å². The molecule has 1 aromatic carbocycles. The summed E-state index contributed by atoms with van der Waals surface area (Å²) < 4.78 is 0. The molecule has 5 heteroatoms. The van der Waals surface area contributed by atoms with Crippen LogP contribution in [0.3, 0.4) is 0 Å². The van der Waals surface area contributed by atoms with Crippen LogP contribution in [0.2, 0.25) is 5.02 Å². The summed E-state index contributed by atoms with van der Waals surface area (Å²) >= 11 is 5.89. The van der Waals surface area contributed by atoms with Gasteiger partial charge in [-0.05, 0) is 32.0 Å². The van der Waals surface area contributed by atoms with Gasteiger partial charge >= 0.3 is 0 Å². The Bertz CT molecular complexity index is 495. The Kier molecular flexibility index (Phi) is 3.03. The van der Waals surface area contributed by atoms with Crippen molar-refractivity contribution in [3.63, 3.8) is 0 Å². The van der Waals surface area contributed by atoms with E-state index >= 15 is 0 Å². The molecule has 0 saturated heterocycles. The Labute approximate surface area is 98.9 Å². The Morgan fingerprint density at radius 3 is 2.94 bits per heavy atom. The number of hydrogen-bond acceptors (Lipinski definition) is 3. The third-order valence-electron chi connectivity index (χ3n) is 2.50. The Hall–Kier alpha value is -1.26.